The van der Waals surface area contributed by atoms with Gasteiger partial charge in [0.05, 0.1) is 0 Å². The predicted molar refractivity (Wildman–Crippen MR) is 78.8 cm³/mol. The molecule has 0 aromatic rings. The van der Waals surface area contributed by atoms with E-state index in [0.717, 1.165) is 36.1 Å². The number of rotatable bonds is 3. The van der Waals surface area contributed by atoms with Crippen molar-refractivity contribution in [3.63, 3.8) is 0 Å². The first-order chi connectivity index (χ1) is 9.20. The van der Waals surface area contributed by atoms with Crippen LogP contribution in [-0.2, 0) is 0 Å². The Morgan fingerprint density at radius 1 is 0.947 bits per heavy atom. The Bertz CT molecular complexity index is 319. The van der Waals surface area contributed by atoms with E-state index >= 15 is 0 Å². The summed E-state index contributed by atoms with van der Waals surface area (Å²) in [5, 5.41) is 0. The molecular weight excluding hydrogens is 232 g/mol. The second kappa shape index (κ2) is 4.46. The molecule has 108 valence electrons. The molecule has 0 radical (unpaired) electrons. The molecule has 5 aliphatic rings. The molecule has 4 bridgehead atoms. The van der Waals surface area contributed by atoms with Crippen molar-refractivity contribution in [2.45, 2.75) is 57.4 Å². The SMILES string of the molecule is CC(CN)(C1C2CC3CC(C2)CC1C3)N1CCCC1. The molecule has 19 heavy (non-hydrogen) atoms. The van der Waals surface area contributed by atoms with Crippen LogP contribution in [0.15, 0.2) is 0 Å². The monoisotopic (exact) mass is 262 g/mol. The minimum Gasteiger partial charge on any atom is -0.329 e. The second-order valence-corrected chi connectivity index (χ2v) is 8.21. The van der Waals surface area contributed by atoms with E-state index in [9.17, 15) is 0 Å². The molecule has 0 aromatic heterocycles. The summed E-state index contributed by atoms with van der Waals surface area (Å²) in [5.74, 6) is 5.08. The van der Waals surface area contributed by atoms with E-state index in [0.29, 0.717) is 5.54 Å². The van der Waals surface area contributed by atoms with Crippen molar-refractivity contribution in [1.29, 1.82) is 0 Å². The molecule has 1 heterocycles. The molecule has 2 nitrogen and oxygen atoms in total. The van der Waals surface area contributed by atoms with E-state index < -0.39 is 0 Å². The van der Waals surface area contributed by atoms with Crippen LogP contribution in [0.5, 0.6) is 0 Å². The maximum absolute atomic E-state index is 6.33. The summed E-state index contributed by atoms with van der Waals surface area (Å²) in [7, 11) is 0. The normalized spacial score (nSPS) is 48.6. The first kappa shape index (κ1) is 12.6. The minimum absolute atomic E-state index is 0.305. The molecular formula is C17H30N2. The van der Waals surface area contributed by atoms with Gasteiger partial charge in [-0.3, -0.25) is 4.90 Å². The highest BCUT2D eigenvalue weighted by molar-refractivity contribution is 5.08. The smallest absolute Gasteiger partial charge is 0.0336 e. The van der Waals surface area contributed by atoms with Gasteiger partial charge < -0.3 is 5.73 Å². The number of hydrogen-bond donors (Lipinski definition) is 1. The van der Waals surface area contributed by atoms with E-state index in [4.69, 9.17) is 5.73 Å². The van der Waals surface area contributed by atoms with Gasteiger partial charge in [-0.25, -0.2) is 0 Å². The molecule has 2 N–H and O–H groups in total. The van der Waals surface area contributed by atoms with Crippen LogP contribution in [0.25, 0.3) is 0 Å². The number of nitrogens with zero attached hydrogens (tertiary/aromatic N) is 1. The summed E-state index contributed by atoms with van der Waals surface area (Å²) >= 11 is 0. The zero-order chi connectivity index (χ0) is 13.0. The molecule has 5 rings (SSSR count). The first-order valence-corrected chi connectivity index (χ1v) is 8.66. The molecule has 4 saturated carbocycles. The summed E-state index contributed by atoms with van der Waals surface area (Å²) in [4.78, 5) is 2.76. The number of nitrogens with two attached hydrogens (primary N) is 1. The zero-order valence-corrected chi connectivity index (χ0v) is 12.5. The third-order valence-corrected chi connectivity index (χ3v) is 7.19. The molecule has 0 amide bonds. The lowest BCUT2D eigenvalue weighted by Gasteiger charge is -2.61. The fourth-order valence-corrected chi connectivity index (χ4v) is 6.64. The summed E-state index contributed by atoms with van der Waals surface area (Å²) in [6.45, 7) is 5.98. The van der Waals surface area contributed by atoms with Crippen molar-refractivity contribution in [3.8, 4) is 0 Å². The third kappa shape index (κ3) is 1.82. The Morgan fingerprint density at radius 3 is 1.95 bits per heavy atom. The van der Waals surface area contributed by atoms with Crippen molar-refractivity contribution in [2.24, 2.45) is 35.3 Å². The first-order valence-electron chi connectivity index (χ1n) is 8.66. The van der Waals surface area contributed by atoms with Gasteiger partial charge in [-0.1, -0.05) is 0 Å². The average molecular weight is 262 g/mol. The van der Waals surface area contributed by atoms with Gasteiger partial charge in [0.1, 0.15) is 0 Å². The van der Waals surface area contributed by atoms with E-state index in [-0.39, 0.29) is 0 Å². The van der Waals surface area contributed by atoms with Gasteiger partial charge in [-0.2, -0.15) is 0 Å². The zero-order valence-electron chi connectivity index (χ0n) is 12.5. The second-order valence-electron chi connectivity index (χ2n) is 8.21. The van der Waals surface area contributed by atoms with Crippen molar-refractivity contribution < 1.29 is 0 Å². The topological polar surface area (TPSA) is 29.3 Å². The van der Waals surface area contributed by atoms with Gasteiger partial charge in [-0.15, -0.1) is 0 Å². The van der Waals surface area contributed by atoms with Crippen LogP contribution in [0.1, 0.15) is 51.9 Å². The van der Waals surface area contributed by atoms with Crippen molar-refractivity contribution in [1.82, 2.24) is 4.90 Å². The summed E-state index contributed by atoms with van der Waals surface area (Å²) < 4.78 is 0. The van der Waals surface area contributed by atoms with Crippen molar-refractivity contribution in [2.75, 3.05) is 19.6 Å². The highest BCUT2D eigenvalue weighted by Gasteiger charge is 2.55. The van der Waals surface area contributed by atoms with Crippen LogP contribution in [0.4, 0.5) is 0 Å². The van der Waals surface area contributed by atoms with E-state index in [2.05, 4.69) is 11.8 Å². The van der Waals surface area contributed by atoms with Crippen LogP contribution >= 0.6 is 0 Å². The summed E-state index contributed by atoms with van der Waals surface area (Å²) in [6.07, 6.45) is 10.5. The lowest BCUT2D eigenvalue weighted by Crippen LogP contribution is -2.63. The molecule has 1 atom stereocenters. The molecule has 4 aliphatic carbocycles. The maximum atomic E-state index is 6.33. The summed E-state index contributed by atoms with van der Waals surface area (Å²) in [6, 6.07) is 0. The number of likely N-dealkylation sites (tertiary alicyclic amines) is 1. The van der Waals surface area contributed by atoms with Crippen LogP contribution in [-0.4, -0.2) is 30.1 Å². The van der Waals surface area contributed by atoms with Crippen LogP contribution < -0.4 is 5.73 Å². The quantitative estimate of drug-likeness (QED) is 0.847. The van der Waals surface area contributed by atoms with Gasteiger partial charge in [0.25, 0.3) is 0 Å². The van der Waals surface area contributed by atoms with E-state index in [1.807, 2.05) is 0 Å². The van der Waals surface area contributed by atoms with E-state index in [1.165, 1.54) is 51.6 Å². The van der Waals surface area contributed by atoms with E-state index in [1.54, 1.807) is 6.42 Å². The fourth-order valence-electron chi connectivity index (χ4n) is 6.64. The predicted octanol–water partition coefficient (Wildman–Crippen LogP) is 2.87. The third-order valence-electron chi connectivity index (χ3n) is 7.19. The standard InChI is InChI=1S/C17H30N2/c1-17(11-18,19-4-2-3-5-19)16-14-7-12-6-13(9-14)10-15(16)8-12/h12-16H,2-11,18H2,1H3. The van der Waals surface area contributed by atoms with Crippen LogP contribution in [0.3, 0.4) is 0 Å². The van der Waals surface area contributed by atoms with Gasteiger partial charge in [0.15, 0.2) is 0 Å². The minimum atomic E-state index is 0.305. The Hall–Kier alpha value is -0.0800. The van der Waals surface area contributed by atoms with Gasteiger partial charge in [0.2, 0.25) is 0 Å². The molecule has 1 saturated heterocycles. The van der Waals surface area contributed by atoms with Crippen LogP contribution in [0.2, 0.25) is 0 Å². The number of hydrogen-bond acceptors (Lipinski definition) is 2. The van der Waals surface area contributed by atoms with Crippen LogP contribution in [0, 0.1) is 29.6 Å². The highest BCUT2D eigenvalue weighted by Crippen LogP contribution is 2.59. The molecule has 1 unspecified atom stereocenters. The lowest BCUT2D eigenvalue weighted by atomic mass is 9.48. The molecule has 2 heteroatoms. The summed E-state index contributed by atoms with van der Waals surface area (Å²) in [5.41, 5.74) is 6.63. The Labute approximate surface area is 118 Å². The molecule has 0 aromatic carbocycles. The van der Waals surface area contributed by atoms with Gasteiger partial charge in [-0.05, 0) is 94.5 Å². The van der Waals surface area contributed by atoms with Gasteiger partial charge >= 0.3 is 0 Å². The van der Waals surface area contributed by atoms with Crippen molar-refractivity contribution in [3.05, 3.63) is 0 Å². The molecule has 5 fully saturated rings. The largest absolute Gasteiger partial charge is 0.329 e. The Morgan fingerprint density at radius 2 is 1.47 bits per heavy atom. The fraction of sp³-hybridized carbons (Fsp3) is 1.00. The molecule has 0 spiro atoms. The highest BCUT2D eigenvalue weighted by atomic mass is 15.2. The van der Waals surface area contributed by atoms with Crippen molar-refractivity contribution >= 4 is 0 Å². The molecule has 1 aliphatic heterocycles. The average Bonchev–Trinajstić information content (AvgIpc) is 2.91. The van der Waals surface area contributed by atoms with Gasteiger partial charge in [0, 0.05) is 12.1 Å². The Balaban J connectivity index is 1.62. The Kier molecular flexibility index (Phi) is 2.97. The lowest BCUT2D eigenvalue weighted by molar-refractivity contribution is -0.102. The maximum Gasteiger partial charge on any atom is 0.0336 e.